The van der Waals surface area contributed by atoms with Crippen LogP contribution in [0, 0.1) is 0 Å². The molecule has 0 bridgehead atoms. The third-order valence-electron chi connectivity index (χ3n) is 2.88. The Bertz CT molecular complexity index is 432. The van der Waals surface area contributed by atoms with Gasteiger partial charge in [-0.1, -0.05) is 19.0 Å². The first-order valence-electron chi connectivity index (χ1n) is 6.07. The lowest BCUT2D eigenvalue weighted by Crippen LogP contribution is -2.61. The largest absolute Gasteiger partial charge is 0.388 e. The Hall–Kier alpha value is -1.40. The number of hydrogen-bond acceptors (Lipinski definition) is 5. The van der Waals surface area contributed by atoms with Crippen molar-refractivity contribution < 1.29 is 14.4 Å². The molecule has 100 valence electrons. The fourth-order valence-electron chi connectivity index (χ4n) is 2.03. The van der Waals surface area contributed by atoms with E-state index in [2.05, 4.69) is 10.5 Å². The molecular weight excluding hydrogens is 234 g/mol. The summed E-state index contributed by atoms with van der Waals surface area (Å²) in [5.74, 6) is 0.484. The zero-order valence-electron chi connectivity index (χ0n) is 10.9. The summed E-state index contributed by atoms with van der Waals surface area (Å²) in [4.78, 5) is 13.6. The first-order chi connectivity index (χ1) is 8.35. The van der Waals surface area contributed by atoms with Gasteiger partial charge >= 0.3 is 0 Å². The Kier molecular flexibility index (Phi) is 3.41. The molecule has 2 heterocycles. The van der Waals surface area contributed by atoms with E-state index in [9.17, 15) is 9.90 Å². The fraction of sp³-hybridized carbons (Fsp3) is 0.667. The van der Waals surface area contributed by atoms with Gasteiger partial charge in [0.1, 0.15) is 0 Å². The SMILES string of the molecule is CC(C)c1cc(NC(=O)CN2CC(C)(O)C2)on1. The summed E-state index contributed by atoms with van der Waals surface area (Å²) < 4.78 is 5.02. The number of carbonyl (C=O) groups excluding carboxylic acids is 1. The van der Waals surface area contributed by atoms with Crippen molar-refractivity contribution in [1.29, 1.82) is 0 Å². The van der Waals surface area contributed by atoms with Crippen LogP contribution < -0.4 is 5.32 Å². The van der Waals surface area contributed by atoms with Crippen molar-refractivity contribution in [3.63, 3.8) is 0 Å². The standard InChI is InChI=1S/C12H19N3O3/c1-8(2)9-4-11(18-14-9)13-10(16)5-15-6-12(3,17)7-15/h4,8,17H,5-7H2,1-3H3,(H,13,16). The fourth-order valence-corrected chi connectivity index (χ4v) is 2.03. The van der Waals surface area contributed by atoms with E-state index in [1.807, 2.05) is 18.7 Å². The lowest BCUT2D eigenvalue weighted by Gasteiger charge is -2.43. The van der Waals surface area contributed by atoms with Gasteiger partial charge in [-0.3, -0.25) is 15.0 Å². The van der Waals surface area contributed by atoms with Crippen molar-refractivity contribution >= 4 is 11.8 Å². The van der Waals surface area contributed by atoms with Crippen LogP contribution >= 0.6 is 0 Å². The van der Waals surface area contributed by atoms with Gasteiger partial charge in [0.05, 0.1) is 17.8 Å². The molecule has 2 rings (SSSR count). The van der Waals surface area contributed by atoms with Crippen LogP contribution in [-0.2, 0) is 4.79 Å². The first kappa shape index (κ1) is 13.0. The molecule has 0 aliphatic carbocycles. The number of nitrogens with one attached hydrogen (secondary N) is 1. The van der Waals surface area contributed by atoms with E-state index >= 15 is 0 Å². The highest BCUT2D eigenvalue weighted by Crippen LogP contribution is 2.20. The highest BCUT2D eigenvalue weighted by molar-refractivity contribution is 5.91. The van der Waals surface area contributed by atoms with Gasteiger partial charge in [-0.2, -0.15) is 0 Å². The van der Waals surface area contributed by atoms with Gasteiger partial charge in [-0.05, 0) is 12.8 Å². The molecule has 0 spiro atoms. The normalized spacial score (nSPS) is 18.7. The third kappa shape index (κ3) is 3.08. The molecule has 0 saturated carbocycles. The van der Waals surface area contributed by atoms with Crippen molar-refractivity contribution in [3.05, 3.63) is 11.8 Å². The van der Waals surface area contributed by atoms with E-state index in [-0.39, 0.29) is 18.4 Å². The van der Waals surface area contributed by atoms with Crippen LogP contribution in [0.15, 0.2) is 10.6 Å². The zero-order chi connectivity index (χ0) is 13.3. The Morgan fingerprint density at radius 2 is 2.33 bits per heavy atom. The summed E-state index contributed by atoms with van der Waals surface area (Å²) >= 11 is 0. The number of rotatable bonds is 4. The summed E-state index contributed by atoms with van der Waals surface area (Å²) in [5.41, 5.74) is 0.161. The predicted molar refractivity (Wildman–Crippen MR) is 66.3 cm³/mol. The Morgan fingerprint density at radius 1 is 1.67 bits per heavy atom. The molecule has 1 aliphatic rings. The summed E-state index contributed by atoms with van der Waals surface area (Å²) in [7, 11) is 0. The van der Waals surface area contributed by atoms with Crippen LogP contribution in [-0.4, -0.2) is 46.3 Å². The first-order valence-corrected chi connectivity index (χ1v) is 6.07. The van der Waals surface area contributed by atoms with Crippen LogP contribution in [0.4, 0.5) is 5.88 Å². The van der Waals surface area contributed by atoms with Gasteiger partial charge in [0.25, 0.3) is 0 Å². The number of aromatic nitrogens is 1. The van der Waals surface area contributed by atoms with Gasteiger partial charge in [-0.15, -0.1) is 0 Å². The molecule has 0 aromatic carbocycles. The summed E-state index contributed by atoms with van der Waals surface area (Å²) in [6.45, 7) is 7.07. The maximum atomic E-state index is 11.7. The molecule has 0 atom stereocenters. The van der Waals surface area contributed by atoms with Crippen LogP contribution in [0.5, 0.6) is 0 Å². The molecule has 1 aliphatic heterocycles. The van der Waals surface area contributed by atoms with Crippen molar-refractivity contribution in [2.24, 2.45) is 0 Å². The van der Waals surface area contributed by atoms with E-state index in [0.29, 0.717) is 19.0 Å². The van der Waals surface area contributed by atoms with E-state index in [0.717, 1.165) is 5.69 Å². The number of hydrogen-bond donors (Lipinski definition) is 2. The Labute approximate surface area is 106 Å². The number of β-amino-alcohol motifs (C(OH)–C–C–N with tert-alkyl or cyclic N) is 1. The number of nitrogens with zero attached hydrogens (tertiary/aromatic N) is 2. The van der Waals surface area contributed by atoms with Crippen LogP contribution in [0.2, 0.25) is 0 Å². The minimum atomic E-state index is -0.655. The van der Waals surface area contributed by atoms with Gasteiger partial charge in [-0.25, -0.2) is 0 Å². The molecule has 1 aromatic heterocycles. The summed E-state index contributed by atoms with van der Waals surface area (Å²) in [5, 5.41) is 16.1. The minimum absolute atomic E-state index is 0.156. The molecule has 1 aromatic rings. The minimum Gasteiger partial charge on any atom is -0.388 e. The molecule has 2 N–H and O–H groups in total. The number of likely N-dealkylation sites (tertiary alicyclic amines) is 1. The summed E-state index contributed by atoms with van der Waals surface area (Å²) in [6.07, 6.45) is 0. The van der Waals surface area contributed by atoms with E-state index in [4.69, 9.17) is 4.52 Å². The monoisotopic (exact) mass is 253 g/mol. The molecule has 1 amide bonds. The second kappa shape index (κ2) is 4.70. The molecule has 0 radical (unpaired) electrons. The second-order valence-electron chi connectivity index (χ2n) is 5.46. The number of aliphatic hydroxyl groups is 1. The van der Waals surface area contributed by atoms with Crippen LogP contribution in [0.25, 0.3) is 0 Å². The smallest absolute Gasteiger partial charge is 0.240 e. The van der Waals surface area contributed by atoms with Gasteiger partial charge in [0.15, 0.2) is 0 Å². The molecule has 18 heavy (non-hydrogen) atoms. The number of carbonyl (C=O) groups is 1. The third-order valence-corrected chi connectivity index (χ3v) is 2.88. The second-order valence-corrected chi connectivity index (χ2v) is 5.46. The molecule has 1 fully saturated rings. The van der Waals surface area contributed by atoms with E-state index < -0.39 is 5.60 Å². The molecule has 6 heteroatoms. The highest BCUT2D eigenvalue weighted by atomic mass is 16.5. The topological polar surface area (TPSA) is 78.6 Å². The zero-order valence-corrected chi connectivity index (χ0v) is 10.9. The van der Waals surface area contributed by atoms with Crippen molar-refractivity contribution in [2.45, 2.75) is 32.3 Å². The van der Waals surface area contributed by atoms with E-state index in [1.54, 1.807) is 13.0 Å². The van der Waals surface area contributed by atoms with Crippen molar-refractivity contribution in [2.75, 3.05) is 25.0 Å². The maximum Gasteiger partial charge on any atom is 0.240 e. The molecule has 6 nitrogen and oxygen atoms in total. The molecule has 0 unspecified atom stereocenters. The van der Waals surface area contributed by atoms with Gasteiger partial charge in [0.2, 0.25) is 11.8 Å². The average Bonchev–Trinajstić information content (AvgIpc) is 2.63. The summed E-state index contributed by atoms with van der Waals surface area (Å²) in [6, 6.07) is 1.73. The number of amides is 1. The highest BCUT2D eigenvalue weighted by Gasteiger charge is 2.37. The lowest BCUT2D eigenvalue weighted by atomic mass is 9.97. The van der Waals surface area contributed by atoms with Crippen molar-refractivity contribution in [1.82, 2.24) is 10.1 Å². The Morgan fingerprint density at radius 3 is 2.83 bits per heavy atom. The number of anilines is 1. The predicted octanol–water partition coefficient (Wildman–Crippen LogP) is 0.803. The molecule has 1 saturated heterocycles. The lowest BCUT2D eigenvalue weighted by molar-refractivity contribution is -0.125. The molecular formula is C12H19N3O3. The van der Waals surface area contributed by atoms with Gasteiger partial charge in [0, 0.05) is 19.2 Å². The maximum absolute atomic E-state index is 11.7. The Balaban J connectivity index is 1.80. The van der Waals surface area contributed by atoms with Crippen molar-refractivity contribution in [3.8, 4) is 0 Å². The average molecular weight is 253 g/mol. The van der Waals surface area contributed by atoms with Crippen LogP contribution in [0.1, 0.15) is 32.4 Å². The van der Waals surface area contributed by atoms with E-state index in [1.165, 1.54) is 0 Å². The van der Waals surface area contributed by atoms with Gasteiger partial charge < -0.3 is 9.63 Å². The quantitative estimate of drug-likeness (QED) is 0.830. The van der Waals surface area contributed by atoms with Crippen LogP contribution in [0.3, 0.4) is 0 Å².